The maximum absolute atomic E-state index is 11.8. The summed E-state index contributed by atoms with van der Waals surface area (Å²) >= 11 is 3.23. The van der Waals surface area contributed by atoms with Gasteiger partial charge in [0, 0.05) is 10.3 Å². The predicted molar refractivity (Wildman–Crippen MR) is 71.4 cm³/mol. The number of rotatable bonds is 4. The number of nitrogens with one attached hydrogen (secondary N) is 1. The monoisotopic (exact) mass is 266 g/mol. The van der Waals surface area contributed by atoms with Crippen molar-refractivity contribution in [2.75, 3.05) is 0 Å². The Hall–Kier alpha value is -1.20. The lowest BCUT2D eigenvalue weighted by molar-refractivity contribution is -0.121. The minimum atomic E-state index is 0.0243. The second-order valence-electron chi connectivity index (χ2n) is 3.84. The molecule has 0 bridgehead atoms. The molecule has 1 amide bonds. The Bertz CT molecular complexity index is 490. The quantitative estimate of drug-likeness (QED) is 0.924. The highest BCUT2D eigenvalue weighted by molar-refractivity contribution is 7.10. The Morgan fingerprint density at radius 3 is 2.94 bits per heavy atom. The van der Waals surface area contributed by atoms with E-state index >= 15 is 0 Å². The average Bonchev–Trinajstić information content (AvgIpc) is 2.89. The van der Waals surface area contributed by atoms with E-state index in [0.29, 0.717) is 6.42 Å². The van der Waals surface area contributed by atoms with Crippen molar-refractivity contribution >= 4 is 28.6 Å². The Labute approximate surface area is 109 Å². The van der Waals surface area contributed by atoms with Gasteiger partial charge in [-0.2, -0.15) is 0 Å². The third-order valence-electron chi connectivity index (χ3n) is 2.36. The fourth-order valence-electron chi connectivity index (χ4n) is 1.56. The maximum Gasteiger partial charge on any atom is 0.226 e. The zero-order valence-corrected chi connectivity index (χ0v) is 11.4. The molecule has 5 heteroatoms. The highest BCUT2D eigenvalue weighted by atomic mass is 32.1. The molecule has 0 aromatic carbocycles. The number of hydrogen-bond donors (Lipinski definition) is 1. The lowest BCUT2D eigenvalue weighted by Crippen LogP contribution is -2.27. The molecule has 3 nitrogen and oxygen atoms in total. The smallest absolute Gasteiger partial charge is 0.226 e. The van der Waals surface area contributed by atoms with Gasteiger partial charge in [0.2, 0.25) is 5.91 Å². The number of thiophene rings is 1. The molecule has 0 saturated heterocycles. The fraction of sp³-hybridized carbons (Fsp3) is 0.333. The van der Waals surface area contributed by atoms with Crippen molar-refractivity contribution in [1.82, 2.24) is 10.3 Å². The molecule has 90 valence electrons. The third-order valence-corrected chi connectivity index (χ3v) is 4.23. The van der Waals surface area contributed by atoms with Gasteiger partial charge >= 0.3 is 0 Å². The van der Waals surface area contributed by atoms with Crippen LogP contribution in [0.1, 0.15) is 28.5 Å². The highest BCUT2D eigenvalue weighted by Gasteiger charge is 2.11. The van der Waals surface area contributed by atoms with E-state index in [4.69, 9.17) is 0 Å². The molecule has 0 fully saturated rings. The van der Waals surface area contributed by atoms with Crippen LogP contribution in [0.2, 0.25) is 0 Å². The molecule has 0 radical (unpaired) electrons. The largest absolute Gasteiger partial charge is 0.348 e. The standard InChI is InChI=1S/C12H14N2OS2/c1-8(11-4-3-5-16-11)13-12(15)6-10-7-17-9(2)14-10/h3-5,7-8H,6H2,1-2H3,(H,13,15). The zero-order valence-electron chi connectivity index (χ0n) is 9.77. The summed E-state index contributed by atoms with van der Waals surface area (Å²) in [6.07, 6.45) is 0.361. The maximum atomic E-state index is 11.8. The van der Waals surface area contributed by atoms with Crippen molar-refractivity contribution in [3.05, 3.63) is 38.5 Å². The normalized spacial score (nSPS) is 12.4. The summed E-state index contributed by atoms with van der Waals surface area (Å²) in [6.45, 7) is 3.94. The van der Waals surface area contributed by atoms with Gasteiger partial charge in [-0.3, -0.25) is 4.79 Å². The summed E-state index contributed by atoms with van der Waals surface area (Å²) in [5, 5.41) is 7.93. The molecule has 0 aliphatic carbocycles. The molecule has 0 aliphatic heterocycles. The number of aryl methyl sites for hydroxylation is 1. The van der Waals surface area contributed by atoms with Crippen LogP contribution in [0.4, 0.5) is 0 Å². The summed E-state index contributed by atoms with van der Waals surface area (Å²) in [7, 11) is 0. The Kier molecular flexibility index (Phi) is 3.91. The van der Waals surface area contributed by atoms with Crippen LogP contribution in [-0.4, -0.2) is 10.9 Å². The first-order valence-electron chi connectivity index (χ1n) is 5.39. The number of carbonyl (C=O) groups is 1. The van der Waals surface area contributed by atoms with Gasteiger partial charge in [0.1, 0.15) is 0 Å². The SMILES string of the molecule is Cc1nc(CC(=O)NC(C)c2cccs2)cs1. The Balaban J connectivity index is 1.89. The van der Waals surface area contributed by atoms with Gasteiger partial charge in [-0.25, -0.2) is 4.98 Å². The van der Waals surface area contributed by atoms with Gasteiger partial charge in [-0.05, 0) is 25.3 Å². The van der Waals surface area contributed by atoms with Crippen molar-refractivity contribution in [3.8, 4) is 0 Å². The summed E-state index contributed by atoms with van der Waals surface area (Å²) in [5.41, 5.74) is 0.850. The van der Waals surface area contributed by atoms with Gasteiger partial charge < -0.3 is 5.32 Å². The zero-order chi connectivity index (χ0) is 12.3. The van der Waals surface area contributed by atoms with Crippen LogP contribution in [0.25, 0.3) is 0 Å². The molecule has 2 rings (SSSR count). The lowest BCUT2D eigenvalue weighted by atomic mass is 10.2. The van der Waals surface area contributed by atoms with Gasteiger partial charge in [0.15, 0.2) is 0 Å². The van der Waals surface area contributed by atoms with Crippen molar-refractivity contribution in [2.45, 2.75) is 26.3 Å². The molecule has 2 aromatic rings. The molecule has 0 spiro atoms. The second kappa shape index (κ2) is 5.42. The molecule has 2 heterocycles. The topological polar surface area (TPSA) is 42.0 Å². The van der Waals surface area contributed by atoms with Crippen LogP contribution in [0.3, 0.4) is 0 Å². The second-order valence-corrected chi connectivity index (χ2v) is 5.88. The van der Waals surface area contributed by atoms with Crippen molar-refractivity contribution < 1.29 is 4.79 Å². The van der Waals surface area contributed by atoms with E-state index in [9.17, 15) is 4.79 Å². The van der Waals surface area contributed by atoms with E-state index in [1.54, 1.807) is 22.7 Å². The van der Waals surface area contributed by atoms with E-state index in [-0.39, 0.29) is 11.9 Å². The summed E-state index contributed by atoms with van der Waals surface area (Å²) in [6, 6.07) is 4.09. The molecule has 17 heavy (non-hydrogen) atoms. The van der Waals surface area contributed by atoms with E-state index in [0.717, 1.165) is 10.7 Å². The average molecular weight is 266 g/mol. The molecule has 1 atom stereocenters. The highest BCUT2D eigenvalue weighted by Crippen LogP contribution is 2.18. The number of amides is 1. The van der Waals surface area contributed by atoms with E-state index in [2.05, 4.69) is 10.3 Å². The number of nitrogens with zero attached hydrogens (tertiary/aromatic N) is 1. The summed E-state index contributed by atoms with van der Waals surface area (Å²) in [5.74, 6) is 0.0243. The van der Waals surface area contributed by atoms with Gasteiger partial charge in [-0.1, -0.05) is 6.07 Å². The van der Waals surface area contributed by atoms with Gasteiger partial charge in [-0.15, -0.1) is 22.7 Å². The molecule has 1 unspecified atom stereocenters. The van der Waals surface area contributed by atoms with Gasteiger partial charge in [0.25, 0.3) is 0 Å². The molecule has 2 aromatic heterocycles. The molecule has 0 aliphatic rings. The minimum Gasteiger partial charge on any atom is -0.348 e. The van der Waals surface area contributed by atoms with Crippen LogP contribution in [0.15, 0.2) is 22.9 Å². The van der Waals surface area contributed by atoms with Crippen molar-refractivity contribution in [1.29, 1.82) is 0 Å². The van der Waals surface area contributed by atoms with E-state index < -0.39 is 0 Å². The van der Waals surface area contributed by atoms with Crippen LogP contribution >= 0.6 is 22.7 Å². The van der Waals surface area contributed by atoms with E-state index in [1.165, 1.54) is 4.88 Å². The lowest BCUT2D eigenvalue weighted by Gasteiger charge is -2.11. The van der Waals surface area contributed by atoms with E-state index in [1.807, 2.05) is 36.7 Å². The Morgan fingerprint density at radius 1 is 1.53 bits per heavy atom. The van der Waals surface area contributed by atoms with Crippen LogP contribution in [-0.2, 0) is 11.2 Å². The van der Waals surface area contributed by atoms with Crippen LogP contribution < -0.4 is 5.32 Å². The Morgan fingerprint density at radius 2 is 2.35 bits per heavy atom. The number of thiazole rings is 1. The molecular formula is C12H14N2OS2. The number of aromatic nitrogens is 1. The summed E-state index contributed by atoms with van der Waals surface area (Å²) in [4.78, 5) is 17.2. The summed E-state index contributed by atoms with van der Waals surface area (Å²) < 4.78 is 0. The number of hydrogen-bond acceptors (Lipinski definition) is 4. The van der Waals surface area contributed by atoms with Crippen molar-refractivity contribution in [3.63, 3.8) is 0 Å². The molecular weight excluding hydrogens is 252 g/mol. The first-order valence-corrected chi connectivity index (χ1v) is 7.15. The third kappa shape index (κ3) is 3.38. The minimum absolute atomic E-state index is 0.0243. The van der Waals surface area contributed by atoms with Crippen molar-refractivity contribution in [2.24, 2.45) is 0 Å². The predicted octanol–water partition coefficient (Wildman–Crippen LogP) is 2.93. The first kappa shape index (κ1) is 12.3. The fourth-order valence-corrected chi connectivity index (χ4v) is 2.90. The first-order chi connectivity index (χ1) is 8.15. The molecule has 0 saturated carbocycles. The van der Waals surface area contributed by atoms with Gasteiger partial charge in [0.05, 0.1) is 23.2 Å². The number of carbonyl (C=O) groups excluding carboxylic acids is 1. The van der Waals surface area contributed by atoms with Crippen LogP contribution in [0.5, 0.6) is 0 Å². The van der Waals surface area contributed by atoms with Crippen LogP contribution in [0, 0.1) is 6.92 Å². The molecule has 1 N–H and O–H groups in total.